The second-order valence-electron chi connectivity index (χ2n) is 7.54. The smallest absolute Gasteiger partial charge is 0.227 e. The van der Waals surface area contributed by atoms with Gasteiger partial charge in [0.15, 0.2) is 0 Å². The third kappa shape index (κ3) is 6.68. The van der Waals surface area contributed by atoms with Crippen LogP contribution in [0, 0.1) is 0 Å². The Bertz CT molecular complexity index is 819. The minimum absolute atomic E-state index is 0.00204. The van der Waals surface area contributed by atoms with Crippen molar-refractivity contribution in [1.29, 1.82) is 0 Å². The molecule has 6 heteroatoms. The third-order valence-electron chi connectivity index (χ3n) is 5.36. The Kier molecular flexibility index (Phi) is 8.41. The molecule has 1 aliphatic rings. The first-order chi connectivity index (χ1) is 14.7. The summed E-state index contributed by atoms with van der Waals surface area (Å²) in [6, 6.07) is 17.5. The van der Waals surface area contributed by atoms with Crippen molar-refractivity contribution in [3.63, 3.8) is 0 Å². The topological polar surface area (TPSA) is 70.7 Å². The molecule has 1 fully saturated rings. The molecule has 2 aromatic rings. The van der Waals surface area contributed by atoms with Gasteiger partial charge in [-0.3, -0.25) is 14.5 Å². The van der Waals surface area contributed by atoms with Gasteiger partial charge in [-0.15, -0.1) is 0 Å². The summed E-state index contributed by atoms with van der Waals surface area (Å²) < 4.78 is 5.33. The van der Waals surface area contributed by atoms with E-state index >= 15 is 0 Å². The molecule has 2 N–H and O–H groups in total. The van der Waals surface area contributed by atoms with Gasteiger partial charge >= 0.3 is 0 Å². The van der Waals surface area contributed by atoms with Crippen LogP contribution in [-0.2, 0) is 20.9 Å². The Morgan fingerprint density at radius 1 is 1.07 bits per heavy atom. The summed E-state index contributed by atoms with van der Waals surface area (Å²) >= 11 is 0. The van der Waals surface area contributed by atoms with Crippen LogP contribution in [0.3, 0.4) is 0 Å². The Balaban J connectivity index is 1.48. The highest BCUT2D eigenvalue weighted by Crippen LogP contribution is 2.19. The lowest BCUT2D eigenvalue weighted by molar-refractivity contribution is -0.122. The van der Waals surface area contributed by atoms with Gasteiger partial charge in [0.2, 0.25) is 11.8 Å². The first kappa shape index (κ1) is 22.0. The number of hydrogen-bond acceptors (Lipinski definition) is 4. The molecular formula is C24H31N3O3. The highest BCUT2D eigenvalue weighted by atomic mass is 16.5. The molecule has 0 spiro atoms. The molecule has 160 valence electrons. The van der Waals surface area contributed by atoms with Crippen molar-refractivity contribution in [3.8, 4) is 0 Å². The Morgan fingerprint density at radius 3 is 2.57 bits per heavy atom. The van der Waals surface area contributed by atoms with Crippen molar-refractivity contribution in [1.82, 2.24) is 10.2 Å². The van der Waals surface area contributed by atoms with Crippen molar-refractivity contribution < 1.29 is 14.3 Å². The number of amides is 2. The van der Waals surface area contributed by atoms with Crippen LogP contribution in [0.5, 0.6) is 0 Å². The molecule has 0 aliphatic carbocycles. The van der Waals surface area contributed by atoms with Crippen LogP contribution in [-0.4, -0.2) is 49.6 Å². The zero-order valence-electron chi connectivity index (χ0n) is 17.6. The molecule has 3 rings (SSSR count). The van der Waals surface area contributed by atoms with Crippen LogP contribution in [0.25, 0.3) is 0 Å². The van der Waals surface area contributed by atoms with Crippen molar-refractivity contribution in [3.05, 3.63) is 65.7 Å². The van der Waals surface area contributed by atoms with Crippen molar-refractivity contribution >= 4 is 17.5 Å². The molecule has 0 bridgehead atoms. The van der Waals surface area contributed by atoms with Gasteiger partial charge in [0.05, 0.1) is 19.1 Å². The minimum atomic E-state index is -0.158. The largest absolute Gasteiger partial charge is 0.379 e. The van der Waals surface area contributed by atoms with Crippen molar-refractivity contribution in [2.75, 3.05) is 38.2 Å². The van der Waals surface area contributed by atoms with E-state index in [9.17, 15) is 9.59 Å². The number of carbonyl (C=O) groups excluding carboxylic acids is 2. The van der Waals surface area contributed by atoms with E-state index in [4.69, 9.17) is 4.74 Å². The molecule has 1 saturated heterocycles. The standard InChI is InChI=1S/C24H31N3O3/c1-2-22(20-8-4-3-5-9-20)24(29)25-18-19-7-6-10-21(17-19)26-23(28)11-12-27-13-15-30-16-14-27/h3-10,17,22H,2,11-16,18H2,1H3,(H,25,29)(H,26,28). The fraction of sp³-hybridized carbons (Fsp3) is 0.417. The van der Waals surface area contributed by atoms with Gasteiger partial charge in [0.25, 0.3) is 0 Å². The van der Waals surface area contributed by atoms with Gasteiger partial charge in [0, 0.05) is 38.3 Å². The average molecular weight is 410 g/mol. The summed E-state index contributed by atoms with van der Waals surface area (Å²) in [5.74, 6) is -0.143. The summed E-state index contributed by atoms with van der Waals surface area (Å²) in [5.41, 5.74) is 2.74. The van der Waals surface area contributed by atoms with E-state index in [0.29, 0.717) is 13.0 Å². The third-order valence-corrected chi connectivity index (χ3v) is 5.36. The van der Waals surface area contributed by atoms with Crippen LogP contribution in [0.4, 0.5) is 5.69 Å². The van der Waals surface area contributed by atoms with Crippen LogP contribution in [0.15, 0.2) is 54.6 Å². The van der Waals surface area contributed by atoms with Crippen LogP contribution < -0.4 is 10.6 Å². The molecular weight excluding hydrogens is 378 g/mol. The van der Waals surface area contributed by atoms with Crippen LogP contribution >= 0.6 is 0 Å². The molecule has 6 nitrogen and oxygen atoms in total. The van der Waals surface area contributed by atoms with Crippen LogP contribution in [0.2, 0.25) is 0 Å². The molecule has 1 heterocycles. The molecule has 0 aromatic heterocycles. The van der Waals surface area contributed by atoms with E-state index in [2.05, 4.69) is 15.5 Å². The molecule has 1 unspecified atom stereocenters. The predicted octanol–water partition coefficient (Wildman–Crippen LogP) is 3.16. The van der Waals surface area contributed by atoms with Gasteiger partial charge < -0.3 is 15.4 Å². The SMILES string of the molecule is CCC(C(=O)NCc1cccc(NC(=O)CCN2CCOCC2)c1)c1ccccc1. The van der Waals surface area contributed by atoms with E-state index in [1.54, 1.807) is 0 Å². The molecule has 2 amide bonds. The van der Waals surface area contributed by atoms with Gasteiger partial charge in [-0.1, -0.05) is 49.4 Å². The van der Waals surface area contributed by atoms with Gasteiger partial charge in [-0.2, -0.15) is 0 Å². The van der Waals surface area contributed by atoms with E-state index in [-0.39, 0.29) is 17.7 Å². The summed E-state index contributed by atoms with van der Waals surface area (Å²) in [7, 11) is 0. The summed E-state index contributed by atoms with van der Waals surface area (Å²) in [5, 5.41) is 5.99. The number of nitrogens with zero attached hydrogens (tertiary/aromatic N) is 1. The number of hydrogen-bond donors (Lipinski definition) is 2. The second kappa shape index (κ2) is 11.5. The first-order valence-electron chi connectivity index (χ1n) is 10.7. The maximum absolute atomic E-state index is 12.7. The highest BCUT2D eigenvalue weighted by Gasteiger charge is 2.18. The highest BCUT2D eigenvalue weighted by molar-refractivity contribution is 5.91. The number of carbonyl (C=O) groups is 2. The normalized spacial score (nSPS) is 15.4. The number of rotatable bonds is 9. The maximum Gasteiger partial charge on any atom is 0.227 e. The molecule has 1 atom stereocenters. The number of anilines is 1. The van der Waals surface area contributed by atoms with Crippen molar-refractivity contribution in [2.24, 2.45) is 0 Å². The van der Waals surface area contributed by atoms with Crippen molar-refractivity contribution in [2.45, 2.75) is 32.2 Å². The minimum Gasteiger partial charge on any atom is -0.379 e. The Labute approximate surface area is 178 Å². The predicted molar refractivity (Wildman–Crippen MR) is 118 cm³/mol. The van der Waals surface area contributed by atoms with Gasteiger partial charge in [-0.05, 0) is 29.7 Å². The molecule has 0 saturated carbocycles. The van der Waals surface area contributed by atoms with E-state index in [0.717, 1.165) is 56.1 Å². The maximum atomic E-state index is 12.7. The zero-order valence-corrected chi connectivity index (χ0v) is 17.6. The number of morpholine rings is 1. The van der Waals surface area contributed by atoms with E-state index < -0.39 is 0 Å². The second-order valence-corrected chi connectivity index (χ2v) is 7.54. The number of ether oxygens (including phenoxy) is 1. The van der Waals surface area contributed by atoms with E-state index in [1.807, 2.05) is 61.5 Å². The monoisotopic (exact) mass is 409 g/mol. The average Bonchev–Trinajstić information content (AvgIpc) is 2.78. The zero-order chi connectivity index (χ0) is 21.2. The molecule has 0 radical (unpaired) electrons. The lowest BCUT2D eigenvalue weighted by atomic mass is 9.95. The first-order valence-corrected chi connectivity index (χ1v) is 10.7. The quantitative estimate of drug-likeness (QED) is 0.667. The number of nitrogens with one attached hydrogen (secondary N) is 2. The van der Waals surface area contributed by atoms with Gasteiger partial charge in [-0.25, -0.2) is 0 Å². The lowest BCUT2D eigenvalue weighted by Gasteiger charge is -2.26. The summed E-state index contributed by atoms with van der Waals surface area (Å²) in [6.45, 7) is 6.41. The molecule has 2 aromatic carbocycles. The van der Waals surface area contributed by atoms with E-state index in [1.165, 1.54) is 0 Å². The number of benzene rings is 2. The molecule has 30 heavy (non-hydrogen) atoms. The van der Waals surface area contributed by atoms with Crippen LogP contribution in [0.1, 0.15) is 36.8 Å². The summed E-state index contributed by atoms with van der Waals surface area (Å²) in [4.78, 5) is 27.2. The van der Waals surface area contributed by atoms with Gasteiger partial charge in [0.1, 0.15) is 0 Å². The fourth-order valence-electron chi connectivity index (χ4n) is 3.64. The lowest BCUT2D eigenvalue weighted by Crippen LogP contribution is -2.38. The summed E-state index contributed by atoms with van der Waals surface area (Å²) in [6.07, 6.45) is 1.20. The fourth-order valence-corrected chi connectivity index (χ4v) is 3.64. The Hall–Kier alpha value is -2.70. The molecule has 1 aliphatic heterocycles. The Morgan fingerprint density at radius 2 is 1.83 bits per heavy atom.